The highest BCUT2D eigenvalue weighted by atomic mass is 79.9. The molecule has 0 aromatic carbocycles. The number of hydrogen-bond acceptors (Lipinski definition) is 2. The van der Waals surface area contributed by atoms with E-state index >= 15 is 0 Å². The van der Waals surface area contributed by atoms with Crippen LogP contribution in [0.5, 0.6) is 5.75 Å². The summed E-state index contributed by atoms with van der Waals surface area (Å²) in [5, 5.41) is 1.04. The van der Waals surface area contributed by atoms with Gasteiger partial charge < -0.3 is 4.74 Å². The quantitative estimate of drug-likeness (QED) is 0.784. The molecular weight excluding hydrogens is 266 g/mol. The number of hydrogen-bond donors (Lipinski definition) is 0. The molecule has 0 aliphatic heterocycles. The van der Waals surface area contributed by atoms with E-state index in [0.717, 1.165) is 17.7 Å². The lowest BCUT2D eigenvalue weighted by Gasteiger charge is -2.35. The minimum absolute atomic E-state index is 0.341. The van der Waals surface area contributed by atoms with E-state index in [9.17, 15) is 0 Å². The lowest BCUT2D eigenvalue weighted by atomic mass is 9.76. The van der Waals surface area contributed by atoms with E-state index in [2.05, 4.69) is 20.9 Å². The molecule has 0 N–H and O–H groups in total. The molecule has 1 heterocycles. The van der Waals surface area contributed by atoms with Gasteiger partial charge in [-0.1, -0.05) is 35.2 Å². The van der Waals surface area contributed by atoms with Crippen molar-refractivity contribution in [3.8, 4) is 5.75 Å². The zero-order valence-electron chi connectivity index (χ0n) is 9.49. The van der Waals surface area contributed by atoms with E-state index in [0.29, 0.717) is 5.41 Å². The molecule has 1 aliphatic rings. The van der Waals surface area contributed by atoms with E-state index in [1.54, 1.807) is 12.4 Å². The summed E-state index contributed by atoms with van der Waals surface area (Å²) in [7, 11) is 0. The molecule has 16 heavy (non-hydrogen) atoms. The summed E-state index contributed by atoms with van der Waals surface area (Å²) in [5.74, 6) is 0.883. The molecule has 1 saturated carbocycles. The number of halogens is 1. The van der Waals surface area contributed by atoms with Crippen molar-refractivity contribution in [3.05, 3.63) is 24.5 Å². The van der Waals surface area contributed by atoms with Gasteiger partial charge in [-0.25, -0.2) is 0 Å². The van der Waals surface area contributed by atoms with Crippen LogP contribution in [0.15, 0.2) is 24.5 Å². The fourth-order valence-corrected chi connectivity index (χ4v) is 3.01. The van der Waals surface area contributed by atoms with Crippen molar-refractivity contribution in [2.24, 2.45) is 5.41 Å². The van der Waals surface area contributed by atoms with Gasteiger partial charge in [-0.05, 0) is 25.0 Å². The molecule has 2 rings (SSSR count). The summed E-state index contributed by atoms with van der Waals surface area (Å²) >= 11 is 3.65. The molecule has 0 saturated heterocycles. The Kier molecular flexibility index (Phi) is 4.22. The van der Waals surface area contributed by atoms with Crippen LogP contribution >= 0.6 is 15.9 Å². The maximum atomic E-state index is 5.85. The Labute approximate surface area is 106 Å². The Hall–Kier alpha value is -0.570. The zero-order valence-corrected chi connectivity index (χ0v) is 11.1. The first-order valence-electron chi connectivity index (χ1n) is 5.93. The predicted molar refractivity (Wildman–Crippen MR) is 69.0 cm³/mol. The standard InChI is InChI=1S/C13H18BrNO/c14-10-13(6-2-1-3-7-13)11-16-12-5-4-8-15-9-12/h4-5,8-9H,1-3,6-7,10-11H2. The van der Waals surface area contributed by atoms with Gasteiger partial charge in [0.25, 0.3) is 0 Å². The average molecular weight is 284 g/mol. The highest BCUT2D eigenvalue weighted by Gasteiger charge is 2.31. The van der Waals surface area contributed by atoms with Gasteiger partial charge in [0.1, 0.15) is 5.75 Å². The number of pyridine rings is 1. The Balaban J connectivity index is 1.92. The largest absolute Gasteiger partial charge is 0.491 e. The molecule has 0 radical (unpaired) electrons. The van der Waals surface area contributed by atoms with Crippen molar-refractivity contribution in [1.82, 2.24) is 4.98 Å². The molecule has 0 unspecified atom stereocenters. The Morgan fingerprint density at radius 3 is 2.75 bits per heavy atom. The fourth-order valence-electron chi connectivity index (χ4n) is 2.29. The molecule has 1 aromatic heterocycles. The van der Waals surface area contributed by atoms with Crippen molar-refractivity contribution in [2.75, 3.05) is 11.9 Å². The van der Waals surface area contributed by atoms with Crippen molar-refractivity contribution < 1.29 is 4.74 Å². The summed E-state index contributed by atoms with van der Waals surface area (Å²) in [5.41, 5.74) is 0.341. The first kappa shape index (κ1) is 11.9. The molecule has 1 aliphatic carbocycles. The van der Waals surface area contributed by atoms with Crippen molar-refractivity contribution in [1.29, 1.82) is 0 Å². The number of ether oxygens (including phenoxy) is 1. The van der Waals surface area contributed by atoms with Crippen LogP contribution in [0.3, 0.4) is 0 Å². The minimum atomic E-state index is 0.341. The second-order valence-corrected chi connectivity index (χ2v) is 5.23. The summed E-state index contributed by atoms with van der Waals surface area (Å²) in [4.78, 5) is 4.06. The molecule has 1 fully saturated rings. The first-order chi connectivity index (χ1) is 7.85. The molecule has 0 spiro atoms. The third-order valence-corrected chi connectivity index (χ3v) is 4.57. The minimum Gasteiger partial charge on any atom is -0.491 e. The maximum absolute atomic E-state index is 5.85. The van der Waals surface area contributed by atoms with Gasteiger partial charge in [0.05, 0.1) is 12.8 Å². The monoisotopic (exact) mass is 283 g/mol. The molecule has 3 heteroatoms. The molecule has 88 valence electrons. The van der Waals surface area contributed by atoms with Crippen LogP contribution < -0.4 is 4.74 Å². The van der Waals surface area contributed by atoms with Gasteiger partial charge in [-0.3, -0.25) is 4.98 Å². The predicted octanol–water partition coefficient (Wildman–Crippen LogP) is 3.81. The van der Waals surface area contributed by atoms with Gasteiger partial charge >= 0.3 is 0 Å². The highest BCUT2D eigenvalue weighted by molar-refractivity contribution is 9.09. The summed E-state index contributed by atoms with van der Waals surface area (Å²) in [6.07, 6.45) is 10.2. The molecular formula is C13H18BrNO. The maximum Gasteiger partial charge on any atom is 0.137 e. The van der Waals surface area contributed by atoms with Gasteiger partial charge in [0.2, 0.25) is 0 Å². The Bertz CT molecular complexity index is 309. The summed E-state index contributed by atoms with van der Waals surface area (Å²) in [6, 6.07) is 3.88. The van der Waals surface area contributed by atoms with E-state index in [-0.39, 0.29) is 0 Å². The van der Waals surface area contributed by atoms with Crippen LogP contribution in [0.25, 0.3) is 0 Å². The normalized spacial score (nSPS) is 19.3. The third kappa shape index (κ3) is 2.97. The van der Waals surface area contributed by atoms with Crippen LogP contribution in [-0.4, -0.2) is 16.9 Å². The van der Waals surface area contributed by atoms with E-state index in [1.807, 2.05) is 12.1 Å². The molecule has 0 atom stereocenters. The van der Waals surface area contributed by atoms with Crippen LogP contribution in [0.2, 0.25) is 0 Å². The number of aromatic nitrogens is 1. The van der Waals surface area contributed by atoms with Crippen molar-refractivity contribution in [2.45, 2.75) is 32.1 Å². The molecule has 2 nitrogen and oxygen atoms in total. The molecule has 1 aromatic rings. The van der Waals surface area contributed by atoms with Gasteiger partial charge in [-0.2, -0.15) is 0 Å². The summed E-state index contributed by atoms with van der Waals surface area (Å²) < 4.78 is 5.85. The van der Waals surface area contributed by atoms with E-state index in [4.69, 9.17) is 4.74 Å². The number of alkyl halides is 1. The Morgan fingerprint density at radius 2 is 2.12 bits per heavy atom. The van der Waals surface area contributed by atoms with E-state index in [1.165, 1.54) is 32.1 Å². The van der Waals surface area contributed by atoms with Crippen LogP contribution in [-0.2, 0) is 0 Å². The smallest absolute Gasteiger partial charge is 0.137 e. The van der Waals surface area contributed by atoms with Gasteiger partial charge in [0.15, 0.2) is 0 Å². The van der Waals surface area contributed by atoms with Gasteiger partial charge in [-0.15, -0.1) is 0 Å². The van der Waals surface area contributed by atoms with Gasteiger partial charge in [0, 0.05) is 16.9 Å². The average Bonchev–Trinajstić information content (AvgIpc) is 2.39. The molecule has 0 bridgehead atoms. The first-order valence-corrected chi connectivity index (χ1v) is 7.06. The van der Waals surface area contributed by atoms with Crippen LogP contribution in [0.1, 0.15) is 32.1 Å². The third-order valence-electron chi connectivity index (χ3n) is 3.38. The zero-order chi connectivity index (χ0) is 11.3. The summed E-state index contributed by atoms with van der Waals surface area (Å²) in [6.45, 7) is 0.809. The SMILES string of the molecule is BrCC1(COc2cccnc2)CCCCC1. The second kappa shape index (κ2) is 5.67. The van der Waals surface area contributed by atoms with Crippen molar-refractivity contribution in [3.63, 3.8) is 0 Å². The molecule has 0 amide bonds. The number of nitrogens with zero attached hydrogens (tertiary/aromatic N) is 1. The highest BCUT2D eigenvalue weighted by Crippen LogP contribution is 2.38. The number of rotatable bonds is 4. The van der Waals surface area contributed by atoms with Crippen LogP contribution in [0, 0.1) is 5.41 Å². The lowest BCUT2D eigenvalue weighted by Crippen LogP contribution is -2.32. The topological polar surface area (TPSA) is 22.1 Å². The Morgan fingerprint density at radius 1 is 1.31 bits per heavy atom. The lowest BCUT2D eigenvalue weighted by molar-refractivity contribution is 0.121. The van der Waals surface area contributed by atoms with Crippen LogP contribution in [0.4, 0.5) is 0 Å². The fraction of sp³-hybridized carbons (Fsp3) is 0.615. The van der Waals surface area contributed by atoms with E-state index < -0.39 is 0 Å². The van der Waals surface area contributed by atoms with Crippen molar-refractivity contribution >= 4 is 15.9 Å². The second-order valence-electron chi connectivity index (χ2n) is 4.67.